The summed E-state index contributed by atoms with van der Waals surface area (Å²) in [6, 6.07) is 47.7. The number of nitrogens with one attached hydrogen (secondary N) is 8. The molecule has 0 fully saturated rings. The second kappa shape index (κ2) is 49.3. The molecular weight excluding hydrogens is 1940 g/mol. The number of ether oxygens (including phenoxy) is 8. The maximum Gasteiger partial charge on any atom is 0.191 e. The molecule has 0 aliphatic rings. The van der Waals surface area contributed by atoms with Crippen molar-refractivity contribution in [3.8, 4) is 46.0 Å². The number of rotatable bonds is 40. The number of benzene rings is 12. The molecule has 0 saturated carbocycles. The van der Waals surface area contributed by atoms with E-state index in [1.165, 1.54) is 77.2 Å². The molecule has 16 aromatic rings. The largest absolute Gasteiger partial charge is 0.497 e. The van der Waals surface area contributed by atoms with Crippen molar-refractivity contribution >= 4 is 136 Å². The molecule has 4 atom stereocenters. The molecule has 4 unspecified atom stereocenters. The number of Topliss-reactive ketones (excluding diaryl/α,β-unsaturated/α-hetero) is 4. The fourth-order valence-electron chi connectivity index (χ4n) is 16.2. The summed E-state index contributed by atoms with van der Waals surface area (Å²) in [5.74, 6) is -1.20. The number of hydrogen-bond acceptors (Lipinski definition) is 24. The maximum atomic E-state index is 14.3. The predicted molar refractivity (Wildman–Crippen MR) is 537 cm³/mol. The summed E-state index contributed by atoms with van der Waals surface area (Å²) in [5.41, 5.74) is 9.61. The van der Waals surface area contributed by atoms with Crippen LogP contribution < -0.4 is 59.2 Å². The van der Waals surface area contributed by atoms with E-state index in [9.17, 15) is 61.6 Å². The van der Waals surface area contributed by atoms with Crippen LogP contribution in [0.5, 0.6) is 46.0 Å². The molecular formula is C106H99Cl4F5N8O20. The third kappa shape index (κ3) is 25.6. The van der Waals surface area contributed by atoms with Crippen LogP contribution in [0.3, 0.4) is 0 Å². The molecule has 0 bridgehead atoms. The van der Waals surface area contributed by atoms with E-state index in [0.29, 0.717) is 194 Å². The van der Waals surface area contributed by atoms with Crippen LogP contribution in [0.15, 0.2) is 225 Å². The van der Waals surface area contributed by atoms with Gasteiger partial charge in [0.25, 0.3) is 0 Å². The zero-order valence-corrected chi connectivity index (χ0v) is 80.6. The number of aryl methyl sites for hydroxylation is 2. The van der Waals surface area contributed by atoms with Gasteiger partial charge in [0.2, 0.25) is 0 Å². The zero-order chi connectivity index (χ0) is 102. The third-order valence-electron chi connectivity index (χ3n) is 23.0. The molecule has 746 valence electrons. The van der Waals surface area contributed by atoms with Crippen LogP contribution in [-0.4, -0.2) is 165 Å². The molecule has 16 N–H and O–H groups in total. The summed E-state index contributed by atoms with van der Waals surface area (Å²) < 4.78 is 114. The van der Waals surface area contributed by atoms with E-state index < -0.39 is 59.8 Å². The van der Waals surface area contributed by atoms with Crippen molar-refractivity contribution in [2.24, 2.45) is 0 Å². The number of H-pyrrole nitrogens is 4. The van der Waals surface area contributed by atoms with E-state index in [1.54, 1.807) is 184 Å². The van der Waals surface area contributed by atoms with Crippen molar-refractivity contribution in [2.75, 3.05) is 103 Å². The number of hydrogen-bond donors (Lipinski definition) is 16. The summed E-state index contributed by atoms with van der Waals surface area (Å²) in [5, 5.41) is 92.8. The number of aromatic amines is 4. The van der Waals surface area contributed by atoms with Crippen LogP contribution in [-0.2, 0) is 26.4 Å². The van der Waals surface area contributed by atoms with Crippen LogP contribution in [0.25, 0.3) is 43.6 Å². The summed E-state index contributed by atoms with van der Waals surface area (Å²) in [6.07, 6.45) is 5.98. The Bertz CT molecular complexity index is 7050. The first-order valence-electron chi connectivity index (χ1n) is 44.3. The molecule has 0 saturated heterocycles. The SMILES string of the molecule is COc1cc(NC(C(=O)c2c[nH]c3c(C)c(F)ccc23)c2ccc(Cl)cc2CO)cc(OCCO)c1.COc1cc(NC(C(=O)c2c[nH]c3c(C)cc(F)cc23)c2ccc(Cl)cc2CO)cc(OCCO)c1.COc1cc(NC(C(=O)c2c[nH]c3c(F)c(F)ccc23)c2ccc(Cl)cc2CO)cc(OCCO)c1.COc1cc(NC(C(=O)c2c[nH]c3cc(F)ccc23)c2ccc(Cl)cc2CO)cc(OCCO)c1. The molecule has 0 radical (unpaired) electrons. The van der Waals surface area contributed by atoms with Crippen molar-refractivity contribution < 1.29 is 120 Å². The van der Waals surface area contributed by atoms with Crippen LogP contribution in [0, 0.1) is 42.9 Å². The van der Waals surface area contributed by atoms with Gasteiger partial charge in [0.1, 0.15) is 114 Å². The Morgan fingerprint density at radius 1 is 0.315 bits per heavy atom. The minimum Gasteiger partial charge on any atom is -0.497 e. The number of carbonyl (C=O) groups excluding carboxylic acids is 4. The van der Waals surface area contributed by atoms with Gasteiger partial charge in [-0.15, -0.1) is 0 Å². The highest BCUT2D eigenvalue weighted by molar-refractivity contribution is 6.32. The lowest BCUT2D eigenvalue weighted by Crippen LogP contribution is -2.23. The molecule has 37 heteroatoms. The fraction of sp³-hybridized carbons (Fsp3) is 0.208. The van der Waals surface area contributed by atoms with Crippen molar-refractivity contribution in [3.05, 3.63) is 352 Å². The highest BCUT2D eigenvalue weighted by Gasteiger charge is 2.34. The molecule has 12 aromatic carbocycles. The van der Waals surface area contributed by atoms with Gasteiger partial charge in [0.15, 0.2) is 34.8 Å². The second-order valence-electron chi connectivity index (χ2n) is 32.2. The van der Waals surface area contributed by atoms with Crippen LogP contribution in [0.1, 0.15) is 121 Å². The molecule has 4 heterocycles. The van der Waals surface area contributed by atoms with Gasteiger partial charge in [-0.2, -0.15) is 0 Å². The molecule has 0 spiro atoms. The minimum atomic E-state index is -1.09. The quantitative estimate of drug-likeness (QED) is 0.0125. The molecule has 0 aliphatic heterocycles. The molecule has 4 aromatic heterocycles. The first-order valence-corrected chi connectivity index (χ1v) is 45.8. The summed E-state index contributed by atoms with van der Waals surface area (Å²) in [6.45, 7) is 1.66. The fourth-order valence-corrected chi connectivity index (χ4v) is 17.0. The average Bonchev–Trinajstić information content (AvgIpc) is 1.80. The van der Waals surface area contributed by atoms with Gasteiger partial charge < -0.3 is 120 Å². The van der Waals surface area contributed by atoms with E-state index in [4.69, 9.17) is 105 Å². The van der Waals surface area contributed by atoms with Gasteiger partial charge >= 0.3 is 0 Å². The highest BCUT2D eigenvalue weighted by atomic mass is 35.5. The number of ketones is 4. The lowest BCUT2D eigenvalue weighted by Gasteiger charge is -2.22. The third-order valence-corrected chi connectivity index (χ3v) is 23.9. The molecule has 28 nitrogen and oxygen atoms in total. The number of carbonyl (C=O) groups is 4. The Labute approximate surface area is 835 Å². The first-order chi connectivity index (χ1) is 69.0. The maximum absolute atomic E-state index is 14.3. The number of halogens is 9. The summed E-state index contributed by atoms with van der Waals surface area (Å²) >= 11 is 24.5. The number of aliphatic hydroxyl groups excluding tert-OH is 8. The van der Waals surface area contributed by atoms with E-state index in [0.717, 1.165) is 6.07 Å². The Morgan fingerprint density at radius 3 is 0.958 bits per heavy atom. The summed E-state index contributed by atoms with van der Waals surface area (Å²) in [7, 11) is 5.99. The van der Waals surface area contributed by atoms with Crippen molar-refractivity contribution in [2.45, 2.75) is 64.4 Å². The van der Waals surface area contributed by atoms with Gasteiger partial charge in [-0.1, -0.05) is 70.7 Å². The van der Waals surface area contributed by atoms with Crippen molar-refractivity contribution in [3.63, 3.8) is 0 Å². The highest BCUT2D eigenvalue weighted by Crippen LogP contribution is 2.42. The Hall–Kier alpha value is -14.4. The monoisotopic (exact) mass is 2040 g/mol. The topological polar surface area (TPSA) is 415 Å². The number of aliphatic hydroxyl groups is 8. The number of methoxy groups -OCH3 is 4. The number of fused-ring (bicyclic) bond motifs is 4. The summed E-state index contributed by atoms with van der Waals surface area (Å²) in [4.78, 5) is 67.4. The predicted octanol–water partition coefficient (Wildman–Crippen LogP) is 20.2. The Balaban J connectivity index is 0.000000160. The van der Waals surface area contributed by atoms with Crippen LogP contribution in [0.4, 0.5) is 44.7 Å². The van der Waals surface area contributed by atoms with Gasteiger partial charge in [0.05, 0.1) is 92.3 Å². The average molecular weight is 2040 g/mol. The number of aromatic nitrogens is 4. The van der Waals surface area contributed by atoms with Crippen molar-refractivity contribution in [1.29, 1.82) is 0 Å². The first kappa shape index (κ1) is 106. The Morgan fingerprint density at radius 2 is 0.615 bits per heavy atom. The van der Waals surface area contributed by atoms with Gasteiger partial charge in [-0.25, -0.2) is 22.0 Å². The minimum absolute atomic E-state index is 0.0538. The normalized spacial score (nSPS) is 11.9. The zero-order valence-electron chi connectivity index (χ0n) is 77.5. The van der Waals surface area contributed by atoms with Crippen molar-refractivity contribution in [1.82, 2.24) is 19.9 Å². The van der Waals surface area contributed by atoms with E-state index >= 15 is 0 Å². The van der Waals surface area contributed by atoms with E-state index in [1.807, 2.05) is 0 Å². The second-order valence-corrected chi connectivity index (χ2v) is 33.9. The number of anilines is 4. The molecule has 16 rings (SSSR count). The smallest absolute Gasteiger partial charge is 0.191 e. The van der Waals surface area contributed by atoms with Crippen LogP contribution >= 0.6 is 46.4 Å². The molecule has 143 heavy (non-hydrogen) atoms. The van der Waals surface area contributed by atoms with E-state index in [-0.39, 0.29) is 112 Å². The van der Waals surface area contributed by atoms with E-state index in [2.05, 4.69) is 41.2 Å². The lowest BCUT2D eigenvalue weighted by atomic mass is 9.93. The van der Waals surface area contributed by atoms with Crippen LogP contribution in [0.2, 0.25) is 20.1 Å². The Kier molecular flexibility index (Phi) is 36.5. The molecule has 0 amide bonds. The van der Waals surface area contributed by atoms with Gasteiger partial charge in [0, 0.05) is 201 Å². The van der Waals surface area contributed by atoms with Gasteiger partial charge in [-0.05, 0) is 167 Å². The molecule has 0 aliphatic carbocycles. The van der Waals surface area contributed by atoms with Gasteiger partial charge in [-0.3, -0.25) is 19.2 Å². The lowest BCUT2D eigenvalue weighted by molar-refractivity contribution is 0.0962. The standard InChI is InChI=1S/2C27H26ClFN2O5.C26H23ClF2N2O5.C26H24ClFN2O5/c1-15-7-18(29)9-23-24(13-30-25(15)23)27(34)26(22-4-3-17(28)8-16(22)14-33)31-19-10-20(35-2)12-21(11-19)36-6-5-32;1-15-24(29)6-5-22-23(13-30-25(15)22)27(34)26(21-4-3-17(28)9-16(21)14-33)31-18-10-19(35-2)12-20(11-18)36-8-7-32;1-35-17-9-16(10-18(11-17)36-7-6-32)31-25(19-3-2-15(27)8-14(19)13-33)26(34)21-12-30-24-20(21)4-5-22(28)23(24)29;1-34-19-10-18(11-20(12-19)35-7-6-31)30-25(21-4-2-16(27)8-15(21)14-32)26(33)23-13-29-24-9-17(28)3-5-22(23)24/h3-4,7-13,26,30-33H,5-6,14H2,1-2H3;3-6,9-13,26,30-33H,7-8,14H2,1-2H3;2-5,8-12,25,30-33H,6-7,13H2,1H3;2-5,8-13,25,29-32H,6-7,14H2,1H3.